The third kappa shape index (κ3) is 2.91. The summed E-state index contributed by atoms with van der Waals surface area (Å²) >= 11 is 0. The zero-order chi connectivity index (χ0) is 13.8. The molecule has 4 nitrogen and oxygen atoms in total. The van der Waals surface area contributed by atoms with E-state index in [0.29, 0.717) is 12.0 Å². The summed E-state index contributed by atoms with van der Waals surface area (Å²) in [6.07, 6.45) is 3.29. The first kappa shape index (κ1) is 13.7. The topological polar surface area (TPSA) is 39.7 Å². The first-order valence-corrected chi connectivity index (χ1v) is 7.53. The summed E-state index contributed by atoms with van der Waals surface area (Å²) in [5, 5.41) is 3.43. The second-order valence-corrected chi connectivity index (χ2v) is 5.50. The summed E-state index contributed by atoms with van der Waals surface area (Å²) in [7, 11) is 2.02. The van der Waals surface area contributed by atoms with Crippen LogP contribution in [-0.4, -0.2) is 33.5 Å². The molecule has 20 heavy (non-hydrogen) atoms. The lowest BCUT2D eigenvalue weighted by molar-refractivity contribution is 0.0401. The molecule has 0 spiro atoms. The van der Waals surface area contributed by atoms with Crippen LogP contribution in [0.4, 0.5) is 0 Å². The Morgan fingerprint density at radius 2 is 1.95 bits per heavy atom. The van der Waals surface area contributed by atoms with E-state index in [-0.39, 0.29) is 0 Å². The average Bonchev–Trinajstić information content (AvgIpc) is 2.74. The summed E-state index contributed by atoms with van der Waals surface area (Å²) in [5.41, 5.74) is 1.26. The van der Waals surface area contributed by atoms with Gasteiger partial charge in [-0.1, -0.05) is 6.07 Å². The summed E-state index contributed by atoms with van der Waals surface area (Å²) in [5.74, 6) is 2.26. The first-order chi connectivity index (χ1) is 9.88. The van der Waals surface area contributed by atoms with Gasteiger partial charge in [0.2, 0.25) is 0 Å². The van der Waals surface area contributed by atoms with E-state index in [1.165, 1.54) is 12.0 Å². The van der Waals surface area contributed by atoms with Gasteiger partial charge in [-0.25, -0.2) is 0 Å². The molecule has 0 aliphatic carbocycles. The van der Waals surface area contributed by atoms with Crippen LogP contribution in [0.1, 0.15) is 30.9 Å². The third-order valence-electron chi connectivity index (χ3n) is 4.11. The number of hydrogen-bond donors (Lipinski definition) is 1. The molecule has 2 aliphatic heterocycles. The fraction of sp³-hybridized carbons (Fsp3) is 0.625. The number of nitrogens with one attached hydrogen (secondary N) is 1. The molecule has 2 atom stereocenters. The second kappa shape index (κ2) is 6.46. The molecule has 1 saturated heterocycles. The number of hydrogen-bond acceptors (Lipinski definition) is 4. The van der Waals surface area contributed by atoms with E-state index in [1.54, 1.807) is 0 Å². The molecular formula is C16H23NO3. The second-order valence-electron chi connectivity index (χ2n) is 5.50. The molecule has 1 aromatic rings. The number of benzene rings is 1. The van der Waals surface area contributed by atoms with Crippen LogP contribution in [0.2, 0.25) is 0 Å². The van der Waals surface area contributed by atoms with E-state index in [4.69, 9.17) is 14.2 Å². The molecule has 110 valence electrons. The Bertz CT molecular complexity index is 443. The van der Waals surface area contributed by atoms with Crippen LogP contribution >= 0.6 is 0 Å². The van der Waals surface area contributed by atoms with Crippen LogP contribution < -0.4 is 14.8 Å². The van der Waals surface area contributed by atoms with Crippen molar-refractivity contribution in [2.24, 2.45) is 5.92 Å². The van der Waals surface area contributed by atoms with Crippen LogP contribution in [-0.2, 0) is 4.74 Å². The van der Waals surface area contributed by atoms with Gasteiger partial charge in [-0.15, -0.1) is 0 Å². The highest BCUT2D eigenvalue weighted by molar-refractivity contribution is 5.44. The average molecular weight is 277 g/mol. The number of fused-ring (bicyclic) bond motifs is 1. The maximum Gasteiger partial charge on any atom is 0.161 e. The van der Waals surface area contributed by atoms with E-state index in [9.17, 15) is 0 Å². The largest absolute Gasteiger partial charge is 0.490 e. The van der Waals surface area contributed by atoms with Gasteiger partial charge in [0.15, 0.2) is 11.5 Å². The molecule has 1 aromatic carbocycles. The van der Waals surface area contributed by atoms with Crippen molar-refractivity contribution in [3.05, 3.63) is 23.8 Å². The highest BCUT2D eigenvalue weighted by Gasteiger charge is 2.25. The maximum atomic E-state index is 5.79. The van der Waals surface area contributed by atoms with Crippen molar-refractivity contribution in [3.63, 3.8) is 0 Å². The molecule has 0 saturated carbocycles. The molecule has 0 aromatic heterocycles. The van der Waals surface area contributed by atoms with Gasteiger partial charge in [-0.2, -0.15) is 0 Å². The SMILES string of the molecule is CNC(c1ccc2c(c1)OCCCO2)C1CCCOC1. The lowest BCUT2D eigenvalue weighted by atomic mass is 9.88. The van der Waals surface area contributed by atoms with Crippen LogP contribution in [0, 0.1) is 5.92 Å². The molecule has 3 rings (SSSR count). The van der Waals surface area contributed by atoms with Crippen LogP contribution in [0.5, 0.6) is 11.5 Å². The Hall–Kier alpha value is -1.26. The van der Waals surface area contributed by atoms with E-state index in [0.717, 1.165) is 50.8 Å². The van der Waals surface area contributed by atoms with Gasteiger partial charge in [0.1, 0.15) is 0 Å². The zero-order valence-electron chi connectivity index (χ0n) is 12.1. The smallest absolute Gasteiger partial charge is 0.161 e. The van der Waals surface area contributed by atoms with Crippen molar-refractivity contribution >= 4 is 0 Å². The van der Waals surface area contributed by atoms with Crippen LogP contribution in [0.3, 0.4) is 0 Å². The summed E-state index contributed by atoms with van der Waals surface area (Å²) in [6, 6.07) is 6.61. The molecule has 1 fully saturated rings. The standard InChI is InChI=1S/C16H23NO3/c1-17-16(13-4-2-7-18-11-13)12-5-6-14-15(10-12)20-9-3-8-19-14/h5-6,10,13,16-17H,2-4,7-9,11H2,1H3. The lowest BCUT2D eigenvalue weighted by Crippen LogP contribution is -2.31. The molecule has 0 amide bonds. The van der Waals surface area contributed by atoms with Crippen LogP contribution in [0.25, 0.3) is 0 Å². The predicted octanol–water partition coefficient (Wildman–Crippen LogP) is 2.54. The van der Waals surface area contributed by atoms with E-state index < -0.39 is 0 Å². The molecule has 0 radical (unpaired) electrons. The van der Waals surface area contributed by atoms with Crippen molar-refractivity contribution in [1.82, 2.24) is 5.32 Å². The van der Waals surface area contributed by atoms with E-state index in [2.05, 4.69) is 17.4 Å². The Kier molecular flexibility index (Phi) is 4.43. The minimum Gasteiger partial charge on any atom is -0.490 e. The number of ether oxygens (including phenoxy) is 3. The van der Waals surface area contributed by atoms with Crippen molar-refractivity contribution in [2.45, 2.75) is 25.3 Å². The van der Waals surface area contributed by atoms with E-state index >= 15 is 0 Å². The summed E-state index contributed by atoms with van der Waals surface area (Å²) in [4.78, 5) is 0. The minimum atomic E-state index is 0.312. The quantitative estimate of drug-likeness (QED) is 0.921. The van der Waals surface area contributed by atoms with Crippen molar-refractivity contribution in [3.8, 4) is 11.5 Å². The molecule has 2 heterocycles. The van der Waals surface area contributed by atoms with Gasteiger partial charge >= 0.3 is 0 Å². The fourth-order valence-corrected chi connectivity index (χ4v) is 3.08. The Labute approximate surface area is 120 Å². The lowest BCUT2D eigenvalue weighted by Gasteiger charge is -2.30. The predicted molar refractivity (Wildman–Crippen MR) is 77.4 cm³/mol. The van der Waals surface area contributed by atoms with Gasteiger partial charge < -0.3 is 19.5 Å². The van der Waals surface area contributed by atoms with Crippen molar-refractivity contribution < 1.29 is 14.2 Å². The fourth-order valence-electron chi connectivity index (χ4n) is 3.08. The Morgan fingerprint density at radius 3 is 2.70 bits per heavy atom. The summed E-state index contributed by atoms with van der Waals surface area (Å²) < 4.78 is 17.1. The van der Waals surface area contributed by atoms with Gasteiger partial charge in [-0.05, 0) is 37.6 Å². The van der Waals surface area contributed by atoms with E-state index in [1.807, 2.05) is 13.1 Å². The zero-order valence-corrected chi connectivity index (χ0v) is 12.1. The van der Waals surface area contributed by atoms with Gasteiger partial charge in [0.05, 0.1) is 19.8 Å². The van der Waals surface area contributed by atoms with Crippen LogP contribution in [0.15, 0.2) is 18.2 Å². The maximum absolute atomic E-state index is 5.79. The van der Waals surface area contributed by atoms with Gasteiger partial charge in [0.25, 0.3) is 0 Å². The highest BCUT2D eigenvalue weighted by Crippen LogP contribution is 2.35. The third-order valence-corrected chi connectivity index (χ3v) is 4.11. The monoisotopic (exact) mass is 277 g/mol. The molecule has 1 N–H and O–H groups in total. The number of rotatable bonds is 3. The molecule has 4 heteroatoms. The van der Waals surface area contributed by atoms with Gasteiger partial charge in [0, 0.05) is 25.0 Å². The molecule has 0 bridgehead atoms. The van der Waals surface area contributed by atoms with Gasteiger partial charge in [-0.3, -0.25) is 0 Å². The van der Waals surface area contributed by atoms with Crippen molar-refractivity contribution in [2.75, 3.05) is 33.5 Å². The molecular weight excluding hydrogens is 254 g/mol. The Morgan fingerprint density at radius 1 is 1.10 bits per heavy atom. The normalized spacial score (nSPS) is 23.9. The Balaban J connectivity index is 1.82. The molecule has 2 unspecified atom stereocenters. The van der Waals surface area contributed by atoms with Crippen molar-refractivity contribution in [1.29, 1.82) is 0 Å². The highest BCUT2D eigenvalue weighted by atomic mass is 16.5. The summed E-state index contributed by atoms with van der Waals surface area (Å²) in [6.45, 7) is 3.19. The minimum absolute atomic E-state index is 0.312. The first-order valence-electron chi connectivity index (χ1n) is 7.53. The molecule has 2 aliphatic rings.